The minimum Gasteiger partial charge on any atom is -0.481 e. The van der Waals surface area contributed by atoms with E-state index in [-0.39, 0.29) is 68.1 Å². The maximum Gasteiger partial charge on any atom is 0.308 e. The third kappa shape index (κ3) is 11.9. The largest absolute Gasteiger partial charge is 0.481 e. The number of hydrogen-bond acceptors (Lipinski definition) is 17. The minimum atomic E-state index is -0.841. The molecule has 0 amide bonds. The van der Waals surface area contributed by atoms with Gasteiger partial charge in [-0.05, 0) is 102 Å². The van der Waals surface area contributed by atoms with Crippen LogP contribution in [0.25, 0.3) is 0 Å². The highest BCUT2D eigenvalue weighted by Crippen LogP contribution is 2.34. The van der Waals surface area contributed by atoms with Crippen LogP contribution in [-0.4, -0.2) is 132 Å². The van der Waals surface area contributed by atoms with Crippen molar-refractivity contribution in [3.63, 3.8) is 0 Å². The summed E-state index contributed by atoms with van der Waals surface area (Å²) in [5, 5.41) is 74.3. The van der Waals surface area contributed by atoms with E-state index in [9.17, 15) is 19.8 Å². The molecule has 2 heterocycles. The number of carbonyl (C=O) groups is 2. The zero-order valence-electron chi connectivity index (χ0n) is 31.2. The van der Waals surface area contributed by atoms with E-state index in [4.69, 9.17) is 15.3 Å². The van der Waals surface area contributed by atoms with E-state index in [1.54, 1.807) is 0 Å². The first-order chi connectivity index (χ1) is 26.3. The maximum atomic E-state index is 11.9. The normalized spacial score (nSPS) is 40.2. The number of nitrogens with zero attached hydrogens (tertiary/aromatic N) is 5. The molecule has 6 aliphatic rings. The molecule has 0 aromatic carbocycles. The predicted octanol–water partition coefficient (Wildman–Crippen LogP) is 2.38. The number of hydrogen-bond donors (Lipinski definition) is 9. The highest BCUT2D eigenvalue weighted by atomic mass is 17.1. The quantitative estimate of drug-likeness (QED) is 0.0659. The smallest absolute Gasteiger partial charge is 0.308 e. The number of carboxylic acids is 2. The Hall–Kier alpha value is -2.30. The number of carboxylic acid groups (broad SMARTS) is 2. The molecule has 6 rings (SSSR count). The molecule has 0 bridgehead atoms. The first-order valence-electron chi connectivity index (χ1n) is 20.2. The standard InChI is InChI=1S/C35H62N10O9/c46-31(47)27-11-1-21(19-53-50)17-29(27)43-41-25-7-3-23(4-8-25)36-33-38-34(40-35(39-33)45-13-15-52-16-14-45)37-24-5-9-26(10-6-24)42-44-30-18-22(20-54-51)2-12-28(30)32(48)49/h21-30,33-40,50-51H,1-20H2,(H,46,47)(H,48,49). The molecule has 0 spiro atoms. The summed E-state index contributed by atoms with van der Waals surface area (Å²) in [6.07, 6.45) is 10.3. The summed E-state index contributed by atoms with van der Waals surface area (Å²) in [5.74, 6) is -2.63. The fourth-order valence-corrected chi connectivity index (χ4v) is 9.22. The van der Waals surface area contributed by atoms with Crippen molar-refractivity contribution in [2.45, 2.75) is 145 Å². The summed E-state index contributed by atoms with van der Waals surface area (Å²) in [7, 11) is 0. The van der Waals surface area contributed by atoms with Gasteiger partial charge in [-0.2, -0.15) is 20.5 Å². The molecule has 0 aromatic heterocycles. The van der Waals surface area contributed by atoms with Gasteiger partial charge in [-0.15, -0.1) is 0 Å². The molecule has 306 valence electrons. The Bertz CT molecular complexity index is 1150. The first kappa shape index (κ1) is 41.3. The van der Waals surface area contributed by atoms with Gasteiger partial charge in [0.2, 0.25) is 0 Å². The van der Waals surface area contributed by atoms with Crippen LogP contribution in [0.1, 0.15) is 89.9 Å². The van der Waals surface area contributed by atoms with Gasteiger partial charge in [0, 0.05) is 25.2 Å². The van der Waals surface area contributed by atoms with E-state index in [1.807, 2.05) is 0 Å². The predicted molar refractivity (Wildman–Crippen MR) is 193 cm³/mol. The molecule has 0 aromatic rings. The molecule has 2 aliphatic heterocycles. The summed E-state index contributed by atoms with van der Waals surface area (Å²) in [5.41, 5.74) is 0. The van der Waals surface area contributed by atoms with E-state index in [0.717, 1.165) is 64.5 Å². The molecule has 8 unspecified atom stereocenters. The van der Waals surface area contributed by atoms with Gasteiger partial charge in [0.25, 0.3) is 0 Å². The SMILES string of the molecule is O=C(O)C1CCC(COO)CC1N=NC1CCC(NC2NC(NC3CCC(N=NC4CC(COO)CCC4C(=O)O)CC3)NC(N3CCOCC3)N2)CC1. The van der Waals surface area contributed by atoms with Crippen LogP contribution in [-0.2, 0) is 24.1 Å². The average molecular weight is 767 g/mol. The van der Waals surface area contributed by atoms with Crippen molar-refractivity contribution in [2.75, 3.05) is 39.5 Å². The molecule has 4 aliphatic carbocycles. The van der Waals surface area contributed by atoms with Crippen LogP contribution in [0.4, 0.5) is 0 Å². The number of nitrogens with one attached hydrogen (secondary N) is 5. The van der Waals surface area contributed by atoms with E-state index < -0.39 is 35.9 Å². The summed E-state index contributed by atoms with van der Waals surface area (Å²) >= 11 is 0. The lowest BCUT2D eigenvalue weighted by Crippen LogP contribution is -2.79. The van der Waals surface area contributed by atoms with Gasteiger partial charge in [-0.3, -0.25) is 51.6 Å². The highest BCUT2D eigenvalue weighted by Gasteiger charge is 2.38. The lowest BCUT2D eigenvalue weighted by molar-refractivity contribution is -0.253. The van der Waals surface area contributed by atoms with Crippen molar-refractivity contribution in [1.82, 2.24) is 31.5 Å². The molecule has 54 heavy (non-hydrogen) atoms. The number of azo groups is 2. The Kier molecular flexibility index (Phi) is 15.9. The zero-order valence-corrected chi connectivity index (χ0v) is 31.2. The number of morpholine rings is 1. The topological polar surface area (TPSA) is 256 Å². The molecule has 0 radical (unpaired) electrons. The van der Waals surface area contributed by atoms with Gasteiger partial charge >= 0.3 is 11.9 Å². The Morgan fingerprint density at radius 2 is 1.07 bits per heavy atom. The van der Waals surface area contributed by atoms with Crippen LogP contribution in [0.15, 0.2) is 20.5 Å². The number of ether oxygens (including phenoxy) is 1. The molecule has 8 atom stereocenters. The van der Waals surface area contributed by atoms with Crippen LogP contribution in [0.5, 0.6) is 0 Å². The van der Waals surface area contributed by atoms with Crippen LogP contribution in [0, 0.1) is 23.7 Å². The average Bonchev–Trinajstić information content (AvgIpc) is 3.18. The monoisotopic (exact) mass is 766 g/mol. The summed E-state index contributed by atoms with van der Waals surface area (Å²) in [6, 6.07) is -0.126. The minimum absolute atomic E-state index is 0.0594. The van der Waals surface area contributed by atoms with E-state index >= 15 is 0 Å². The fraction of sp³-hybridized carbons (Fsp3) is 0.943. The van der Waals surface area contributed by atoms with Crippen molar-refractivity contribution in [2.24, 2.45) is 44.1 Å². The van der Waals surface area contributed by atoms with Gasteiger partial charge in [0.15, 0.2) is 0 Å². The first-order valence-corrected chi connectivity index (χ1v) is 20.2. The van der Waals surface area contributed by atoms with Gasteiger partial charge in [-0.1, -0.05) is 0 Å². The summed E-state index contributed by atoms with van der Waals surface area (Å²) in [6.45, 7) is 3.40. The third-order valence-corrected chi connectivity index (χ3v) is 12.5. The second-order valence-corrected chi connectivity index (χ2v) is 16.2. The van der Waals surface area contributed by atoms with Crippen LogP contribution in [0.3, 0.4) is 0 Å². The van der Waals surface area contributed by atoms with Gasteiger partial charge in [0.05, 0.1) is 62.4 Å². The zero-order chi connectivity index (χ0) is 37.9. The highest BCUT2D eigenvalue weighted by molar-refractivity contribution is 5.71. The molecule has 2 saturated heterocycles. The number of aliphatic carboxylic acids is 2. The van der Waals surface area contributed by atoms with Crippen LogP contribution >= 0.6 is 0 Å². The Morgan fingerprint density at radius 1 is 0.630 bits per heavy atom. The lowest BCUT2D eigenvalue weighted by atomic mass is 9.79. The number of rotatable bonds is 15. The second kappa shape index (κ2) is 20.7. The van der Waals surface area contributed by atoms with E-state index in [0.29, 0.717) is 51.7 Å². The molecular formula is C35H62N10O9. The maximum absolute atomic E-state index is 11.9. The van der Waals surface area contributed by atoms with Crippen molar-refractivity contribution in [1.29, 1.82) is 0 Å². The van der Waals surface area contributed by atoms with E-state index in [2.05, 4.69) is 61.7 Å². The van der Waals surface area contributed by atoms with Crippen LogP contribution < -0.4 is 26.6 Å². The third-order valence-electron chi connectivity index (χ3n) is 12.5. The van der Waals surface area contributed by atoms with Crippen molar-refractivity contribution in [3.8, 4) is 0 Å². The van der Waals surface area contributed by atoms with Gasteiger partial charge < -0.3 is 14.9 Å². The van der Waals surface area contributed by atoms with Gasteiger partial charge in [-0.25, -0.2) is 9.78 Å². The Labute approximate surface area is 316 Å². The lowest BCUT2D eigenvalue weighted by Gasteiger charge is -2.47. The Balaban J connectivity index is 0.979. The van der Waals surface area contributed by atoms with Gasteiger partial charge in [0.1, 0.15) is 18.9 Å². The second-order valence-electron chi connectivity index (χ2n) is 16.2. The summed E-state index contributed by atoms with van der Waals surface area (Å²) in [4.78, 5) is 34.8. The van der Waals surface area contributed by atoms with E-state index in [1.165, 1.54) is 0 Å². The van der Waals surface area contributed by atoms with Crippen molar-refractivity contribution in [3.05, 3.63) is 0 Å². The molecule has 9 N–H and O–H groups in total. The molecule has 4 saturated carbocycles. The molecular weight excluding hydrogens is 704 g/mol. The Morgan fingerprint density at radius 3 is 1.48 bits per heavy atom. The summed E-state index contributed by atoms with van der Waals surface area (Å²) < 4.78 is 5.62. The molecule has 6 fully saturated rings. The van der Waals surface area contributed by atoms with Crippen molar-refractivity contribution < 1.29 is 44.8 Å². The fourth-order valence-electron chi connectivity index (χ4n) is 9.22. The molecule has 19 heteroatoms. The molecule has 19 nitrogen and oxygen atoms in total. The van der Waals surface area contributed by atoms with Crippen LogP contribution in [0.2, 0.25) is 0 Å². The van der Waals surface area contributed by atoms with Crippen molar-refractivity contribution >= 4 is 11.9 Å².